The van der Waals surface area contributed by atoms with Crippen LogP contribution >= 0.6 is 23.1 Å². The van der Waals surface area contributed by atoms with Crippen LogP contribution in [0.15, 0.2) is 6.20 Å². The molecule has 1 fully saturated rings. The van der Waals surface area contributed by atoms with Gasteiger partial charge in [-0.3, -0.25) is 0 Å². The number of anilines is 1. The molecule has 0 aliphatic carbocycles. The summed E-state index contributed by atoms with van der Waals surface area (Å²) in [6.45, 7) is 5.49. The van der Waals surface area contributed by atoms with Gasteiger partial charge in [-0.25, -0.2) is 4.98 Å². The van der Waals surface area contributed by atoms with Crippen LogP contribution < -0.4 is 10.2 Å². The topological polar surface area (TPSA) is 28.2 Å². The van der Waals surface area contributed by atoms with Crippen LogP contribution in [0.4, 0.5) is 5.13 Å². The lowest BCUT2D eigenvalue weighted by atomic mass is 10.4. The van der Waals surface area contributed by atoms with Crippen LogP contribution in [0.1, 0.15) is 11.8 Å². The van der Waals surface area contributed by atoms with Crippen molar-refractivity contribution < 1.29 is 0 Å². The average Bonchev–Trinajstić information content (AvgIpc) is 2.67. The van der Waals surface area contributed by atoms with Gasteiger partial charge in [-0.2, -0.15) is 11.8 Å². The maximum Gasteiger partial charge on any atom is 0.185 e. The Bertz CT molecular complexity index is 313. The van der Waals surface area contributed by atoms with Crippen molar-refractivity contribution in [2.45, 2.75) is 18.7 Å². The van der Waals surface area contributed by atoms with E-state index in [2.05, 4.69) is 33.9 Å². The highest BCUT2D eigenvalue weighted by Crippen LogP contribution is 2.27. The first-order chi connectivity index (χ1) is 7.29. The van der Waals surface area contributed by atoms with E-state index in [1.54, 1.807) is 0 Å². The second-order valence-corrected chi connectivity index (χ2v) is 6.41. The third-order valence-corrected chi connectivity index (χ3v) is 4.60. The van der Waals surface area contributed by atoms with Gasteiger partial charge < -0.3 is 10.2 Å². The van der Waals surface area contributed by atoms with Crippen LogP contribution in [0.25, 0.3) is 0 Å². The summed E-state index contributed by atoms with van der Waals surface area (Å²) >= 11 is 3.87. The van der Waals surface area contributed by atoms with Gasteiger partial charge in [0.1, 0.15) is 0 Å². The first kappa shape index (κ1) is 11.2. The largest absolute Gasteiger partial charge is 0.346 e. The molecule has 1 N–H and O–H groups in total. The summed E-state index contributed by atoms with van der Waals surface area (Å²) in [7, 11) is 1.97. The van der Waals surface area contributed by atoms with Crippen LogP contribution in [-0.2, 0) is 6.54 Å². The SMILES string of the molecule is CNCc1cnc(N2CCSC(C)C2)s1. The highest BCUT2D eigenvalue weighted by molar-refractivity contribution is 8.00. The summed E-state index contributed by atoms with van der Waals surface area (Å²) in [4.78, 5) is 8.21. The molecule has 0 spiro atoms. The fourth-order valence-corrected chi connectivity index (χ4v) is 3.66. The minimum atomic E-state index is 0.732. The van der Waals surface area contributed by atoms with E-state index >= 15 is 0 Å². The summed E-state index contributed by atoms with van der Waals surface area (Å²) in [5.74, 6) is 1.22. The summed E-state index contributed by atoms with van der Waals surface area (Å²) in [6, 6.07) is 0. The molecule has 0 aromatic carbocycles. The van der Waals surface area contributed by atoms with E-state index in [-0.39, 0.29) is 0 Å². The summed E-state index contributed by atoms with van der Waals surface area (Å²) in [5, 5.41) is 5.08. The molecule has 0 saturated carbocycles. The molecule has 1 aromatic rings. The second kappa shape index (κ2) is 5.18. The molecule has 15 heavy (non-hydrogen) atoms. The van der Waals surface area contributed by atoms with Crippen molar-refractivity contribution in [1.82, 2.24) is 10.3 Å². The Labute approximate surface area is 99.3 Å². The average molecular weight is 243 g/mol. The van der Waals surface area contributed by atoms with Crippen LogP contribution in [-0.4, -0.2) is 36.1 Å². The smallest absolute Gasteiger partial charge is 0.185 e. The number of thioether (sulfide) groups is 1. The molecule has 1 aliphatic heterocycles. The normalized spacial score (nSPS) is 22.0. The fourth-order valence-electron chi connectivity index (χ4n) is 1.69. The van der Waals surface area contributed by atoms with Gasteiger partial charge in [-0.1, -0.05) is 6.92 Å². The molecule has 1 aliphatic rings. The van der Waals surface area contributed by atoms with Gasteiger partial charge in [0.15, 0.2) is 5.13 Å². The third kappa shape index (κ3) is 2.86. The van der Waals surface area contributed by atoms with Crippen molar-refractivity contribution in [3.05, 3.63) is 11.1 Å². The maximum atomic E-state index is 4.49. The second-order valence-electron chi connectivity index (χ2n) is 3.77. The zero-order chi connectivity index (χ0) is 10.7. The van der Waals surface area contributed by atoms with Gasteiger partial charge >= 0.3 is 0 Å². The highest BCUT2D eigenvalue weighted by Gasteiger charge is 2.19. The Morgan fingerprint density at radius 1 is 1.67 bits per heavy atom. The zero-order valence-corrected chi connectivity index (χ0v) is 10.8. The van der Waals surface area contributed by atoms with Crippen molar-refractivity contribution >= 4 is 28.2 Å². The predicted octanol–water partition coefficient (Wildman–Crippen LogP) is 1.80. The van der Waals surface area contributed by atoms with E-state index in [0.717, 1.165) is 24.9 Å². The van der Waals surface area contributed by atoms with E-state index in [9.17, 15) is 0 Å². The molecule has 0 amide bonds. The highest BCUT2D eigenvalue weighted by atomic mass is 32.2. The molecule has 1 aromatic heterocycles. The van der Waals surface area contributed by atoms with Crippen LogP contribution in [0.2, 0.25) is 0 Å². The molecule has 2 heterocycles. The number of aromatic nitrogens is 1. The lowest BCUT2D eigenvalue weighted by molar-refractivity contribution is 0.779. The van der Waals surface area contributed by atoms with Gasteiger partial charge in [0.25, 0.3) is 0 Å². The van der Waals surface area contributed by atoms with Gasteiger partial charge in [-0.05, 0) is 7.05 Å². The first-order valence-electron chi connectivity index (χ1n) is 5.25. The quantitative estimate of drug-likeness (QED) is 0.876. The minimum absolute atomic E-state index is 0.732. The summed E-state index contributed by atoms with van der Waals surface area (Å²) in [6.07, 6.45) is 1.99. The minimum Gasteiger partial charge on any atom is -0.346 e. The Morgan fingerprint density at radius 2 is 2.53 bits per heavy atom. The molecule has 2 rings (SSSR count). The Morgan fingerprint density at radius 3 is 3.27 bits per heavy atom. The summed E-state index contributed by atoms with van der Waals surface area (Å²) in [5.41, 5.74) is 0. The molecule has 1 atom stereocenters. The number of nitrogens with one attached hydrogen (secondary N) is 1. The summed E-state index contributed by atoms with van der Waals surface area (Å²) < 4.78 is 0. The maximum absolute atomic E-state index is 4.49. The molecule has 5 heteroatoms. The predicted molar refractivity (Wildman–Crippen MR) is 69.0 cm³/mol. The van der Waals surface area contributed by atoms with E-state index in [1.807, 2.05) is 24.6 Å². The van der Waals surface area contributed by atoms with Gasteiger partial charge in [0, 0.05) is 41.7 Å². The van der Waals surface area contributed by atoms with Crippen molar-refractivity contribution in [3.8, 4) is 0 Å². The molecule has 0 bridgehead atoms. The molecule has 1 unspecified atom stereocenters. The van der Waals surface area contributed by atoms with Crippen molar-refractivity contribution in [2.75, 3.05) is 30.8 Å². The van der Waals surface area contributed by atoms with Gasteiger partial charge in [-0.15, -0.1) is 11.3 Å². The van der Waals surface area contributed by atoms with E-state index < -0.39 is 0 Å². The van der Waals surface area contributed by atoms with Crippen LogP contribution in [0, 0.1) is 0 Å². The van der Waals surface area contributed by atoms with Crippen LogP contribution in [0.3, 0.4) is 0 Å². The number of hydrogen-bond donors (Lipinski definition) is 1. The monoisotopic (exact) mass is 243 g/mol. The van der Waals surface area contributed by atoms with E-state index in [0.29, 0.717) is 0 Å². The number of rotatable bonds is 3. The van der Waals surface area contributed by atoms with Crippen LogP contribution in [0.5, 0.6) is 0 Å². The lowest BCUT2D eigenvalue weighted by Gasteiger charge is -2.30. The van der Waals surface area contributed by atoms with Gasteiger partial charge in [0.2, 0.25) is 0 Å². The Hall–Kier alpha value is -0.260. The molecular weight excluding hydrogens is 226 g/mol. The number of thiazole rings is 1. The molecule has 3 nitrogen and oxygen atoms in total. The Kier molecular flexibility index (Phi) is 3.88. The lowest BCUT2D eigenvalue weighted by Crippen LogP contribution is -2.36. The van der Waals surface area contributed by atoms with Gasteiger partial charge in [0.05, 0.1) is 0 Å². The standard InChI is InChI=1S/C10H17N3S2/c1-8-7-13(3-4-14-8)10-12-6-9(15-10)5-11-2/h6,8,11H,3-5,7H2,1-2H3. The van der Waals surface area contributed by atoms with Crippen molar-refractivity contribution in [3.63, 3.8) is 0 Å². The molecule has 84 valence electrons. The van der Waals surface area contributed by atoms with E-state index in [1.165, 1.54) is 15.8 Å². The van der Waals surface area contributed by atoms with E-state index in [4.69, 9.17) is 0 Å². The zero-order valence-electron chi connectivity index (χ0n) is 9.19. The van der Waals surface area contributed by atoms with Crippen molar-refractivity contribution in [2.24, 2.45) is 0 Å². The molecular formula is C10H17N3S2. The number of nitrogens with zero attached hydrogens (tertiary/aromatic N) is 2. The third-order valence-electron chi connectivity index (χ3n) is 2.40. The first-order valence-corrected chi connectivity index (χ1v) is 7.12. The molecule has 0 radical (unpaired) electrons. The number of hydrogen-bond acceptors (Lipinski definition) is 5. The Balaban J connectivity index is 2.01. The van der Waals surface area contributed by atoms with Crippen molar-refractivity contribution in [1.29, 1.82) is 0 Å². The fraction of sp³-hybridized carbons (Fsp3) is 0.700. The molecule has 1 saturated heterocycles.